The molecule has 0 fully saturated rings. The van der Waals surface area contributed by atoms with Crippen LogP contribution in [0, 0.1) is 6.92 Å². The molecular formula is C11H21N3O3S. The summed E-state index contributed by atoms with van der Waals surface area (Å²) in [6, 6.07) is 0. The molecule has 0 radical (unpaired) electrons. The fourth-order valence-corrected chi connectivity index (χ4v) is 2.99. The molecule has 0 saturated carbocycles. The maximum Gasteiger partial charge on any atom is 0.262 e. The Hall–Kier alpha value is -0.920. The predicted molar refractivity (Wildman–Crippen MR) is 68.8 cm³/mol. The van der Waals surface area contributed by atoms with Crippen molar-refractivity contribution >= 4 is 10.0 Å². The van der Waals surface area contributed by atoms with Gasteiger partial charge in [0.05, 0.1) is 12.1 Å². The lowest BCUT2D eigenvalue weighted by molar-refractivity contribution is 0.137. The van der Waals surface area contributed by atoms with Crippen LogP contribution >= 0.6 is 0 Å². The molecule has 0 saturated heterocycles. The first-order chi connectivity index (χ1) is 8.16. The third-order valence-corrected chi connectivity index (χ3v) is 5.10. The van der Waals surface area contributed by atoms with Crippen LogP contribution < -0.4 is 0 Å². The maximum atomic E-state index is 12.4. The number of aromatic nitrogens is 2. The molecule has 1 aromatic rings. The Bertz CT molecular complexity index is 520. The van der Waals surface area contributed by atoms with Gasteiger partial charge in [-0.15, -0.1) is 0 Å². The summed E-state index contributed by atoms with van der Waals surface area (Å²) in [6.45, 7) is 7.42. The molecule has 0 spiro atoms. The van der Waals surface area contributed by atoms with Gasteiger partial charge in [0.2, 0.25) is 0 Å². The van der Waals surface area contributed by atoms with E-state index >= 15 is 0 Å². The molecular weight excluding hydrogens is 254 g/mol. The van der Waals surface area contributed by atoms with Crippen LogP contribution in [0.5, 0.6) is 0 Å². The first kappa shape index (κ1) is 15.1. The Kier molecular flexibility index (Phi) is 4.19. The highest BCUT2D eigenvalue weighted by molar-refractivity contribution is 7.89. The van der Waals surface area contributed by atoms with E-state index in [9.17, 15) is 13.5 Å². The number of aliphatic hydroxyl groups excluding tert-OH is 1. The fraction of sp³-hybridized carbons (Fsp3) is 0.727. The Morgan fingerprint density at radius 2 is 2.06 bits per heavy atom. The molecule has 0 atom stereocenters. The number of sulfonamides is 1. The fourth-order valence-electron chi connectivity index (χ4n) is 1.49. The highest BCUT2D eigenvalue weighted by atomic mass is 32.2. The van der Waals surface area contributed by atoms with Gasteiger partial charge in [0, 0.05) is 19.8 Å². The highest BCUT2D eigenvalue weighted by Crippen LogP contribution is 2.21. The van der Waals surface area contributed by atoms with Crippen molar-refractivity contribution in [3.8, 4) is 0 Å². The Labute approximate surface area is 108 Å². The van der Waals surface area contributed by atoms with E-state index in [0.717, 1.165) is 4.31 Å². The van der Waals surface area contributed by atoms with Gasteiger partial charge >= 0.3 is 0 Å². The molecule has 0 aliphatic rings. The van der Waals surface area contributed by atoms with Crippen molar-refractivity contribution in [3.05, 3.63) is 12.0 Å². The Morgan fingerprint density at radius 1 is 1.50 bits per heavy atom. The number of hydrogen-bond donors (Lipinski definition) is 1. The number of aliphatic hydroxyl groups is 1. The molecule has 1 aromatic heterocycles. The maximum absolute atomic E-state index is 12.4. The van der Waals surface area contributed by atoms with Gasteiger partial charge in [-0.05, 0) is 27.7 Å². The summed E-state index contributed by atoms with van der Waals surface area (Å²) in [5.41, 5.74) is -0.858. The molecule has 0 aromatic carbocycles. The zero-order valence-corrected chi connectivity index (χ0v) is 12.3. The zero-order chi connectivity index (χ0) is 14.1. The molecule has 0 bridgehead atoms. The van der Waals surface area contributed by atoms with E-state index in [1.54, 1.807) is 25.3 Å². The van der Waals surface area contributed by atoms with Gasteiger partial charge in [0.25, 0.3) is 10.0 Å². The van der Waals surface area contributed by atoms with Gasteiger partial charge in [-0.2, -0.15) is 4.31 Å². The standard InChI is InChI=1S/C11H21N3O3S/c1-6-14-7-10(12-9(14)2)18(16,17)13(5)11(3,4)8-15/h7,15H,6,8H2,1-5H3. The van der Waals surface area contributed by atoms with E-state index in [-0.39, 0.29) is 11.6 Å². The molecule has 0 aliphatic heterocycles. The smallest absolute Gasteiger partial charge is 0.262 e. The van der Waals surface area contributed by atoms with Crippen LogP contribution in [0.1, 0.15) is 26.6 Å². The Balaban J connectivity index is 3.21. The van der Waals surface area contributed by atoms with E-state index in [0.29, 0.717) is 12.4 Å². The number of imidazole rings is 1. The number of nitrogens with zero attached hydrogens (tertiary/aromatic N) is 3. The lowest BCUT2D eigenvalue weighted by Crippen LogP contribution is -2.47. The van der Waals surface area contributed by atoms with Crippen LogP contribution in [0.4, 0.5) is 0 Å². The number of likely N-dealkylation sites (N-methyl/N-ethyl adjacent to an activating group) is 1. The topological polar surface area (TPSA) is 75.4 Å². The summed E-state index contributed by atoms with van der Waals surface area (Å²) in [6.07, 6.45) is 1.52. The van der Waals surface area contributed by atoms with Crippen molar-refractivity contribution < 1.29 is 13.5 Å². The van der Waals surface area contributed by atoms with Crippen molar-refractivity contribution in [1.82, 2.24) is 13.9 Å². The van der Waals surface area contributed by atoms with Crippen molar-refractivity contribution in [2.45, 2.75) is 44.8 Å². The minimum atomic E-state index is -3.68. The second-order valence-corrected chi connectivity index (χ2v) is 6.77. The predicted octanol–water partition coefficient (Wildman–Crippen LogP) is 0.603. The first-order valence-electron chi connectivity index (χ1n) is 5.80. The summed E-state index contributed by atoms with van der Waals surface area (Å²) < 4.78 is 27.6. The SMILES string of the molecule is CCn1cc(S(=O)(=O)N(C)C(C)(C)CO)nc1C. The van der Waals surface area contributed by atoms with Crippen molar-refractivity contribution in [3.63, 3.8) is 0 Å². The van der Waals surface area contributed by atoms with Gasteiger partial charge in [-0.25, -0.2) is 13.4 Å². The van der Waals surface area contributed by atoms with Gasteiger partial charge < -0.3 is 9.67 Å². The van der Waals surface area contributed by atoms with Crippen molar-refractivity contribution in [2.75, 3.05) is 13.7 Å². The quantitative estimate of drug-likeness (QED) is 0.854. The number of rotatable bonds is 5. The van der Waals surface area contributed by atoms with Crippen LogP contribution in [0.2, 0.25) is 0 Å². The summed E-state index contributed by atoms with van der Waals surface area (Å²) in [5.74, 6) is 0.659. The summed E-state index contributed by atoms with van der Waals surface area (Å²) in [5, 5.41) is 9.27. The van der Waals surface area contributed by atoms with E-state index in [2.05, 4.69) is 4.98 Å². The van der Waals surface area contributed by atoms with Crippen LogP contribution in [0.15, 0.2) is 11.2 Å². The third-order valence-electron chi connectivity index (χ3n) is 3.16. The normalized spacial score (nSPS) is 13.3. The lowest BCUT2D eigenvalue weighted by Gasteiger charge is -2.31. The lowest BCUT2D eigenvalue weighted by atomic mass is 10.1. The van der Waals surface area contributed by atoms with E-state index < -0.39 is 15.6 Å². The molecule has 0 unspecified atom stereocenters. The van der Waals surface area contributed by atoms with Crippen LogP contribution in [0.3, 0.4) is 0 Å². The van der Waals surface area contributed by atoms with Crippen LogP contribution in [-0.4, -0.2) is 46.6 Å². The van der Waals surface area contributed by atoms with Gasteiger partial charge in [-0.3, -0.25) is 0 Å². The summed E-state index contributed by atoms with van der Waals surface area (Å²) >= 11 is 0. The second-order valence-electron chi connectivity index (χ2n) is 4.86. The van der Waals surface area contributed by atoms with Crippen molar-refractivity contribution in [2.24, 2.45) is 0 Å². The van der Waals surface area contributed by atoms with Gasteiger partial charge in [-0.1, -0.05) is 0 Å². The zero-order valence-electron chi connectivity index (χ0n) is 11.5. The van der Waals surface area contributed by atoms with Crippen LogP contribution in [0.25, 0.3) is 0 Å². The minimum absolute atomic E-state index is 0.0193. The molecule has 18 heavy (non-hydrogen) atoms. The molecule has 1 heterocycles. The van der Waals surface area contributed by atoms with Crippen LogP contribution in [-0.2, 0) is 16.6 Å². The van der Waals surface area contributed by atoms with Gasteiger partial charge in [0.15, 0.2) is 5.03 Å². The molecule has 1 N–H and O–H groups in total. The van der Waals surface area contributed by atoms with Gasteiger partial charge in [0.1, 0.15) is 5.82 Å². The van der Waals surface area contributed by atoms with E-state index in [1.165, 1.54) is 13.2 Å². The molecule has 104 valence electrons. The second kappa shape index (κ2) is 4.99. The summed E-state index contributed by atoms with van der Waals surface area (Å²) in [4.78, 5) is 4.07. The average molecular weight is 275 g/mol. The summed E-state index contributed by atoms with van der Waals surface area (Å²) in [7, 11) is -2.23. The largest absolute Gasteiger partial charge is 0.394 e. The minimum Gasteiger partial charge on any atom is -0.394 e. The molecule has 0 aliphatic carbocycles. The third kappa shape index (κ3) is 2.57. The molecule has 6 nitrogen and oxygen atoms in total. The molecule has 1 rings (SSSR count). The first-order valence-corrected chi connectivity index (χ1v) is 7.24. The average Bonchev–Trinajstić information content (AvgIpc) is 2.70. The molecule has 0 amide bonds. The molecule has 7 heteroatoms. The van der Waals surface area contributed by atoms with E-state index in [1.807, 2.05) is 6.92 Å². The van der Waals surface area contributed by atoms with E-state index in [4.69, 9.17) is 0 Å². The Morgan fingerprint density at radius 3 is 2.44 bits per heavy atom. The number of hydrogen-bond acceptors (Lipinski definition) is 4. The highest BCUT2D eigenvalue weighted by Gasteiger charge is 2.35. The monoisotopic (exact) mass is 275 g/mol. The van der Waals surface area contributed by atoms with Crippen molar-refractivity contribution in [1.29, 1.82) is 0 Å². The number of aryl methyl sites for hydroxylation is 2.